The number of aromatic nitrogens is 4. The molecule has 4 heterocycles. The van der Waals surface area contributed by atoms with Gasteiger partial charge in [-0.2, -0.15) is 0 Å². The molecule has 65 heavy (non-hydrogen) atoms. The fraction of sp³-hybridized carbons (Fsp3) is 0. The average molecular weight is 827 g/mol. The van der Waals surface area contributed by atoms with Crippen LogP contribution in [0.1, 0.15) is 0 Å². The molecular formula is C61H38N4. The first kappa shape index (κ1) is 35.8. The van der Waals surface area contributed by atoms with Crippen molar-refractivity contribution in [2.24, 2.45) is 0 Å². The first-order valence-corrected chi connectivity index (χ1v) is 22.3. The number of fused-ring (bicyclic) bond motifs is 11. The number of pyridine rings is 1. The first-order valence-electron chi connectivity index (χ1n) is 22.3. The molecule has 0 aliphatic rings. The Hall–Kier alpha value is -8.73. The van der Waals surface area contributed by atoms with Gasteiger partial charge in [0.25, 0.3) is 0 Å². The zero-order chi connectivity index (χ0) is 42.6. The second-order valence-corrected chi connectivity index (χ2v) is 17.1. The molecule has 0 radical (unpaired) electrons. The summed E-state index contributed by atoms with van der Waals surface area (Å²) in [7, 11) is 0. The molecule has 0 aliphatic heterocycles. The van der Waals surface area contributed by atoms with E-state index in [2.05, 4.69) is 232 Å². The van der Waals surface area contributed by atoms with Crippen molar-refractivity contribution in [1.82, 2.24) is 18.7 Å². The molecular weight excluding hydrogens is 789 g/mol. The van der Waals surface area contributed by atoms with Crippen LogP contribution in [0.5, 0.6) is 0 Å². The molecule has 0 spiro atoms. The van der Waals surface area contributed by atoms with E-state index < -0.39 is 0 Å². The van der Waals surface area contributed by atoms with Crippen molar-refractivity contribution in [1.29, 1.82) is 0 Å². The minimum Gasteiger partial charge on any atom is -0.309 e. The topological polar surface area (TPSA) is 27.7 Å². The van der Waals surface area contributed by atoms with Crippen molar-refractivity contribution < 1.29 is 0 Å². The van der Waals surface area contributed by atoms with E-state index in [-0.39, 0.29) is 0 Å². The fourth-order valence-corrected chi connectivity index (χ4v) is 11.0. The predicted octanol–water partition coefficient (Wildman–Crippen LogP) is 16.0. The largest absolute Gasteiger partial charge is 0.309 e. The van der Waals surface area contributed by atoms with Crippen LogP contribution in [0.15, 0.2) is 231 Å². The zero-order valence-electron chi connectivity index (χ0n) is 35.2. The first-order chi connectivity index (χ1) is 32.3. The molecule has 4 nitrogen and oxygen atoms in total. The molecule has 0 aliphatic carbocycles. The van der Waals surface area contributed by atoms with Crippen LogP contribution in [0.25, 0.3) is 126 Å². The quantitative estimate of drug-likeness (QED) is 0.159. The Bertz CT molecular complexity index is 3910. The highest BCUT2D eigenvalue weighted by molar-refractivity contribution is 6.21. The van der Waals surface area contributed by atoms with E-state index in [0.29, 0.717) is 0 Å². The summed E-state index contributed by atoms with van der Waals surface area (Å²) in [6, 6.07) is 79.8. The minimum absolute atomic E-state index is 1.05. The molecule has 0 saturated heterocycles. The molecule has 0 atom stereocenters. The second kappa shape index (κ2) is 13.9. The third-order valence-corrected chi connectivity index (χ3v) is 13.6. The van der Waals surface area contributed by atoms with Crippen LogP contribution in [-0.2, 0) is 0 Å². The zero-order valence-corrected chi connectivity index (χ0v) is 35.2. The maximum atomic E-state index is 5.07. The van der Waals surface area contributed by atoms with Crippen LogP contribution in [-0.4, -0.2) is 18.7 Å². The smallest absolute Gasteiger partial charge is 0.0619 e. The lowest BCUT2D eigenvalue weighted by Crippen LogP contribution is -2.00. The van der Waals surface area contributed by atoms with Gasteiger partial charge >= 0.3 is 0 Å². The van der Waals surface area contributed by atoms with Gasteiger partial charge in [-0.25, -0.2) is 0 Å². The highest BCUT2D eigenvalue weighted by Gasteiger charge is 2.22. The summed E-state index contributed by atoms with van der Waals surface area (Å²) in [5, 5.41) is 12.2. The van der Waals surface area contributed by atoms with Gasteiger partial charge in [-0.05, 0) is 82.6 Å². The lowest BCUT2D eigenvalue weighted by atomic mass is 9.90. The Labute approximate surface area is 374 Å². The fourth-order valence-electron chi connectivity index (χ4n) is 11.0. The van der Waals surface area contributed by atoms with E-state index in [4.69, 9.17) is 4.98 Å². The van der Waals surface area contributed by atoms with Crippen LogP contribution >= 0.6 is 0 Å². The Morgan fingerprint density at radius 3 is 0.938 bits per heavy atom. The molecule has 10 aromatic carbocycles. The van der Waals surface area contributed by atoms with E-state index in [0.717, 1.165) is 28.1 Å². The summed E-state index contributed by atoms with van der Waals surface area (Å²) >= 11 is 0. The molecule has 0 amide bonds. The molecule has 0 bridgehead atoms. The summed E-state index contributed by atoms with van der Waals surface area (Å²) < 4.78 is 7.33. The van der Waals surface area contributed by atoms with E-state index in [9.17, 15) is 0 Å². The van der Waals surface area contributed by atoms with Crippen molar-refractivity contribution in [3.8, 4) is 39.3 Å². The van der Waals surface area contributed by atoms with Crippen molar-refractivity contribution in [2.75, 3.05) is 0 Å². The monoisotopic (exact) mass is 826 g/mol. The van der Waals surface area contributed by atoms with Gasteiger partial charge in [0.2, 0.25) is 0 Å². The number of hydrogen-bond acceptors (Lipinski definition) is 1. The van der Waals surface area contributed by atoms with Crippen LogP contribution in [0.4, 0.5) is 0 Å². The molecule has 302 valence electrons. The lowest BCUT2D eigenvalue weighted by molar-refractivity contribution is 1.13. The molecule has 0 unspecified atom stereocenters. The number of hydrogen-bond donors (Lipinski definition) is 0. The van der Waals surface area contributed by atoms with E-state index >= 15 is 0 Å². The van der Waals surface area contributed by atoms with E-state index in [1.807, 2.05) is 12.4 Å². The van der Waals surface area contributed by atoms with Crippen molar-refractivity contribution in [2.45, 2.75) is 0 Å². The predicted molar refractivity (Wildman–Crippen MR) is 273 cm³/mol. The summed E-state index contributed by atoms with van der Waals surface area (Å²) in [5.74, 6) is 0. The van der Waals surface area contributed by atoms with Crippen molar-refractivity contribution in [3.05, 3.63) is 231 Å². The molecule has 14 rings (SSSR count). The van der Waals surface area contributed by atoms with Crippen LogP contribution < -0.4 is 0 Å². The van der Waals surface area contributed by atoms with Gasteiger partial charge in [-0.3, -0.25) is 4.98 Å². The highest BCUT2D eigenvalue weighted by atomic mass is 15.0. The van der Waals surface area contributed by atoms with Gasteiger partial charge < -0.3 is 13.7 Å². The number of rotatable bonds is 5. The summed E-state index contributed by atoms with van der Waals surface area (Å²) in [5.41, 5.74) is 14.8. The van der Waals surface area contributed by atoms with Gasteiger partial charge in [0.1, 0.15) is 0 Å². The van der Waals surface area contributed by atoms with Gasteiger partial charge in [-0.1, -0.05) is 158 Å². The third kappa shape index (κ3) is 5.22. The van der Waals surface area contributed by atoms with Crippen LogP contribution in [0, 0.1) is 0 Å². The maximum absolute atomic E-state index is 5.07. The molecule has 4 heteroatoms. The third-order valence-electron chi connectivity index (χ3n) is 13.6. The second-order valence-electron chi connectivity index (χ2n) is 17.1. The Morgan fingerprint density at radius 2 is 0.554 bits per heavy atom. The molecule has 0 saturated carbocycles. The standard InChI is InChI=1S/C61H38N4/c1-3-25-52-50(23-1)60(51-24-2-4-26-53(51)61(52)65-58-31-15-9-21-48(58)49-22-10-16-32-59(49)65)41-33-40(37-62-38-41)39-34-42(63-54-27-11-5-17-44(54)45-18-6-12-28-55(45)63)36-43(35-39)64-56-29-13-7-19-46(56)47-20-8-14-30-57(47)64/h1-38H. The average Bonchev–Trinajstić information content (AvgIpc) is 4.01. The normalized spacial score (nSPS) is 12.0. The number of benzene rings is 10. The van der Waals surface area contributed by atoms with Gasteiger partial charge in [0.15, 0.2) is 0 Å². The number of para-hydroxylation sites is 6. The lowest BCUT2D eigenvalue weighted by Gasteiger charge is -2.20. The Balaban J connectivity index is 1.04. The molecule has 4 aromatic heterocycles. The summed E-state index contributed by atoms with van der Waals surface area (Å²) in [4.78, 5) is 5.07. The van der Waals surface area contributed by atoms with Gasteiger partial charge in [0.05, 0.1) is 38.8 Å². The Kier molecular flexibility index (Phi) is 7.65. The highest BCUT2D eigenvalue weighted by Crippen LogP contribution is 2.45. The summed E-state index contributed by atoms with van der Waals surface area (Å²) in [6.07, 6.45) is 4.07. The summed E-state index contributed by atoms with van der Waals surface area (Å²) in [6.45, 7) is 0. The van der Waals surface area contributed by atoms with Crippen LogP contribution in [0.2, 0.25) is 0 Å². The van der Waals surface area contributed by atoms with E-state index in [1.54, 1.807) is 0 Å². The van der Waals surface area contributed by atoms with E-state index in [1.165, 1.54) is 98.2 Å². The van der Waals surface area contributed by atoms with Gasteiger partial charge in [0, 0.05) is 78.0 Å². The minimum atomic E-state index is 1.05. The van der Waals surface area contributed by atoms with Crippen molar-refractivity contribution >= 4 is 87.0 Å². The molecule has 0 N–H and O–H groups in total. The SMILES string of the molecule is c1ccc2c(-n3c4ccccc4c4ccccc43)c3ccccc3c(-c3cncc(-c4cc(-n5c6ccccc6c6ccccc65)cc(-n5c6ccccc6c6ccccc65)c4)c3)c2c1. The van der Waals surface area contributed by atoms with Gasteiger partial charge in [-0.15, -0.1) is 0 Å². The van der Waals surface area contributed by atoms with Crippen molar-refractivity contribution in [3.63, 3.8) is 0 Å². The maximum Gasteiger partial charge on any atom is 0.0619 e. The Morgan fingerprint density at radius 1 is 0.246 bits per heavy atom. The molecule has 0 fully saturated rings. The van der Waals surface area contributed by atoms with Crippen LogP contribution in [0.3, 0.4) is 0 Å². The molecule has 14 aromatic rings. The number of nitrogens with zero attached hydrogens (tertiary/aromatic N) is 4.